The summed E-state index contributed by atoms with van der Waals surface area (Å²) in [6, 6.07) is 0.885. The third-order valence-electron chi connectivity index (χ3n) is 3.82. The minimum Gasteiger partial charge on any atom is -0.311 e. The second-order valence-electron chi connectivity index (χ2n) is 5.80. The van der Waals surface area contributed by atoms with Crippen LogP contribution in [0.5, 0.6) is 0 Å². The first-order valence-electron chi connectivity index (χ1n) is 7.31. The lowest BCUT2D eigenvalue weighted by Gasteiger charge is -2.37. The molecule has 4 atom stereocenters. The van der Waals surface area contributed by atoms with Crippen LogP contribution in [0.4, 0.5) is 0 Å². The molecule has 1 heterocycles. The van der Waals surface area contributed by atoms with E-state index in [0.717, 1.165) is 11.7 Å². The van der Waals surface area contributed by atoms with Crippen LogP contribution >= 0.6 is 0 Å². The Bertz CT molecular complexity index is 258. The lowest BCUT2D eigenvalue weighted by molar-refractivity contribution is 0.148. The number of hydrogen-bond acceptors (Lipinski definition) is 3. The normalized spacial score (nSPS) is 26.8. The number of nitrogens with one attached hydrogen (secondary N) is 1. The van der Waals surface area contributed by atoms with Crippen molar-refractivity contribution < 1.29 is 4.21 Å². The van der Waals surface area contributed by atoms with Gasteiger partial charge in [0.15, 0.2) is 0 Å². The zero-order valence-corrected chi connectivity index (χ0v) is 13.3. The minimum atomic E-state index is -0.700. The van der Waals surface area contributed by atoms with Crippen molar-refractivity contribution in [3.63, 3.8) is 0 Å². The van der Waals surface area contributed by atoms with Crippen LogP contribution in [0.3, 0.4) is 0 Å². The molecule has 1 aliphatic heterocycles. The fourth-order valence-electron chi connectivity index (χ4n) is 3.00. The molecule has 1 rings (SSSR count). The molecule has 0 aromatic carbocycles. The Labute approximate surface area is 115 Å². The van der Waals surface area contributed by atoms with E-state index in [1.807, 2.05) is 0 Å². The second-order valence-corrected chi connectivity index (χ2v) is 7.28. The van der Waals surface area contributed by atoms with E-state index in [1.165, 1.54) is 38.9 Å². The van der Waals surface area contributed by atoms with E-state index in [2.05, 4.69) is 31.0 Å². The molecular formula is C14H30N2OS. The monoisotopic (exact) mass is 274 g/mol. The largest absolute Gasteiger partial charge is 0.311 e. The predicted molar refractivity (Wildman–Crippen MR) is 80.4 cm³/mol. The van der Waals surface area contributed by atoms with Crippen LogP contribution in [0.25, 0.3) is 0 Å². The van der Waals surface area contributed by atoms with E-state index in [0.29, 0.717) is 12.1 Å². The van der Waals surface area contributed by atoms with Crippen LogP contribution in [0.15, 0.2) is 0 Å². The molecule has 0 bridgehead atoms. The third-order valence-corrected chi connectivity index (χ3v) is 4.79. The number of piperidine rings is 1. The summed E-state index contributed by atoms with van der Waals surface area (Å²) >= 11 is 0. The number of nitrogens with zero attached hydrogens (tertiary/aromatic N) is 1. The van der Waals surface area contributed by atoms with Gasteiger partial charge in [0.2, 0.25) is 0 Å². The summed E-state index contributed by atoms with van der Waals surface area (Å²) < 4.78 is 11.2. The van der Waals surface area contributed by atoms with Crippen molar-refractivity contribution >= 4 is 10.8 Å². The van der Waals surface area contributed by atoms with Crippen LogP contribution in [-0.4, -0.2) is 52.8 Å². The highest BCUT2D eigenvalue weighted by atomic mass is 32.2. The van der Waals surface area contributed by atoms with Crippen molar-refractivity contribution in [3.05, 3.63) is 0 Å². The van der Waals surface area contributed by atoms with Gasteiger partial charge >= 0.3 is 0 Å². The van der Waals surface area contributed by atoms with Crippen molar-refractivity contribution in [1.29, 1.82) is 0 Å². The Morgan fingerprint density at radius 1 is 1.44 bits per heavy atom. The third kappa shape index (κ3) is 5.81. The van der Waals surface area contributed by atoms with Gasteiger partial charge in [0.1, 0.15) is 0 Å². The Morgan fingerprint density at radius 3 is 2.78 bits per heavy atom. The standard InChI is InChI=1S/C14H30N2OS/c1-5-8-16-9-6-7-14(10-16)13(3)15-12(2)11-18(4)17/h12-15H,5-11H2,1-4H3. The molecule has 1 fully saturated rings. The minimum absolute atomic E-state index is 0.354. The summed E-state index contributed by atoms with van der Waals surface area (Å²) in [5, 5.41) is 3.62. The van der Waals surface area contributed by atoms with Crippen molar-refractivity contribution in [2.75, 3.05) is 31.6 Å². The molecule has 0 radical (unpaired) electrons. The van der Waals surface area contributed by atoms with Crippen LogP contribution in [-0.2, 0) is 10.8 Å². The van der Waals surface area contributed by atoms with Gasteiger partial charge in [0.25, 0.3) is 0 Å². The van der Waals surface area contributed by atoms with Gasteiger partial charge in [-0.25, -0.2) is 0 Å². The van der Waals surface area contributed by atoms with E-state index in [1.54, 1.807) is 6.26 Å². The molecule has 3 nitrogen and oxygen atoms in total. The van der Waals surface area contributed by atoms with Crippen molar-refractivity contribution in [1.82, 2.24) is 10.2 Å². The quantitative estimate of drug-likeness (QED) is 0.769. The van der Waals surface area contributed by atoms with Gasteiger partial charge in [-0.05, 0) is 52.1 Å². The molecule has 18 heavy (non-hydrogen) atoms. The highest BCUT2D eigenvalue weighted by Gasteiger charge is 2.24. The maximum atomic E-state index is 11.2. The lowest BCUT2D eigenvalue weighted by Crippen LogP contribution is -2.48. The summed E-state index contributed by atoms with van der Waals surface area (Å²) in [4.78, 5) is 2.59. The molecule has 4 unspecified atom stereocenters. The van der Waals surface area contributed by atoms with Gasteiger partial charge in [-0.2, -0.15) is 0 Å². The van der Waals surface area contributed by atoms with Gasteiger partial charge in [-0.3, -0.25) is 4.21 Å². The molecule has 0 aliphatic carbocycles. The fourth-order valence-corrected chi connectivity index (χ4v) is 3.80. The lowest BCUT2D eigenvalue weighted by atomic mass is 9.91. The summed E-state index contributed by atoms with van der Waals surface area (Å²) in [5.41, 5.74) is 0. The van der Waals surface area contributed by atoms with Gasteiger partial charge in [-0.15, -0.1) is 0 Å². The van der Waals surface area contributed by atoms with Crippen LogP contribution in [0.2, 0.25) is 0 Å². The molecular weight excluding hydrogens is 244 g/mol. The molecule has 4 heteroatoms. The maximum Gasteiger partial charge on any atom is 0.0383 e. The van der Waals surface area contributed by atoms with E-state index in [-0.39, 0.29) is 0 Å². The summed E-state index contributed by atoms with van der Waals surface area (Å²) in [7, 11) is -0.700. The molecule has 0 aromatic heterocycles. The first-order valence-corrected chi connectivity index (χ1v) is 9.04. The zero-order valence-electron chi connectivity index (χ0n) is 12.4. The average Bonchev–Trinajstić information content (AvgIpc) is 2.28. The van der Waals surface area contributed by atoms with E-state index < -0.39 is 10.8 Å². The average molecular weight is 274 g/mol. The molecule has 0 amide bonds. The van der Waals surface area contributed by atoms with Crippen LogP contribution in [0, 0.1) is 5.92 Å². The van der Waals surface area contributed by atoms with Crippen LogP contribution in [0.1, 0.15) is 40.0 Å². The van der Waals surface area contributed by atoms with Gasteiger partial charge < -0.3 is 10.2 Å². The molecule has 108 valence electrons. The number of rotatable bonds is 7. The van der Waals surface area contributed by atoms with Gasteiger partial charge in [0.05, 0.1) is 0 Å². The van der Waals surface area contributed by atoms with E-state index >= 15 is 0 Å². The molecule has 0 saturated carbocycles. The zero-order chi connectivity index (χ0) is 13.5. The van der Waals surface area contributed by atoms with E-state index in [4.69, 9.17) is 0 Å². The Kier molecular flexibility index (Phi) is 7.42. The molecule has 1 N–H and O–H groups in total. The molecule has 1 saturated heterocycles. The highest BCUT2D eigenvalue weighted by molar-refractivity contribution is 7.84. The van der Waals surface area contributed by atoms with Crippen LogP contribution < -0.4 is 5.32 Å². The Morgan fingerprint density at radius 2 is 2.17 bits per heavy atom. The van der Waals surface area contributed by atoms with E-state index in [9.17, 15) is 4.21 Å². The first-order chi connectivity index (χ1) is 8.52. The topological polar surface area (TPSA) is 32.3 Å². The molecule has 0 aromatic rings. The number of hydrogen-bond donors (Lipinski definition) is 1. The SMILES string of the molecule is CCCN1CCCC(C(C)NC(C)CS(C)=O)C1. The summed E-state index contributed by atoms with van der Waals surface area (Å²) in [5.74, 6) is 1.51. The summed E-state index contributed by atoms with van der Waals surface area (Å²) in [6.45, 7) is 10.4. The Balaban J connectivity index is 2.35. The predicted octanol–water partition coefficient (Wildman–Crippen LogP) is 1.85. The fraction of sp³-hybridized carbons (Fsp3) is 1.00. The van der Waals surface area contributed by atoms with Crippen molar-refractivity contribution in [3.8, 4) is 0 Å². The molecule has 0 spiro atoms. The van der Waals surface area contributed by atoms with Gasteiger partial charge in [-0.1, -0.05) is 6.92 Å². The second kappa shape index (κ2) is 8.28. The smallest absolute Gasteiger partial charge is 0.0383 e. The highest BCUT2D eigenvalue weighted by Crippen LogP contribution is 2.20. The van der Waals surface area contributed by atoms with Crippen molar-refractivity contribution in [2.24, 2.45) is 5.92 Å². The summed E-state index contributed by atoms with van der Waals surface area (Å²) in [6.07, 6.45) is 5.69. The maximum absolute atomic E-state index is 11.2. The molecule has 1 aliphatic rings. The number of likely N-dealkylation sites (tertiary alicyclic amines) is 1. The van der Waals surface area contributed by atoms with Gasteiger partial charge in [0, 0.05) is 41.4 Å². The van der Waals surface area contributed by atoms with Crippen molar-refractivity contribution in [2.45, 2.75) is 52.1 Å². The Hall–Kier alpha value is 0.0700. The first kappa shape index (κ1) is 16.1.